The molecule has 0 bridgehead atoms. The number of fused-ring (bicyclic) bond motifs is 1. The zero-order chi connectivity index (χ0) is 13.7. The van der Waals surface area contributed by atoms with E-state index >= 15 is 0 Å². The zero-order valence-corrected chi connectivity index (χ0v) is 13.1. The molecule has 1 aromatic carbocycles. The zero-order valence-electron chi connectivity index (χ0n) is 11.3. The van der Waals surface area contributed by atoms with Crippen molar-refractivity contribution in [2.75, 3.05) is 18.1 Å². The predicted octanol–water partition coefficient (Wildman–Crippen LogP) is 4.01. The van der Waals surface area contributed by atoms with Gasteiger partial charge in [0.05, 0.1) is 17.6 Å². The molecule has 3 nitrogen and oxygen atoms in total. The molecule has 0 amide bonds. The van der Waals surface area contributed by atoms with Gasteiger partial charge < -0.3 is 9.72 Å². The van der Waals surface area contributed by atoms with Gasteiger partial charge in [-0.3, -0.25) is 0 Å². The van der Waals surface area contributed by atoms with E-state index in [0.29, 0.717) is 12.5 Å². The van der Waals surface area contributed by atoms with Gasteiger partial charge in [0.2, 0.25) is 0 Å². The number of H-pyrrole nitrogens is 1. The van der Waals surface area contributed by atoms with Crippen molar-refractivity contribution in [2.24, 2.45) is 5.92 Å². The molecule has 104 valence electrons. The van der Waals surface area contributed by atoms with Crippen molar-refractivity contribution in [2.45, 2.75) is 25.4 Å². The third-order valence-electron chi connectivity index (χ3n) is 3.03. The van der Waals surface area contributed by atoms with Crippen LogP contribution in [0.15, 0.2) is 23.4 Å². The Balaban J connectivity index is 2.08. The van der Waals surface area contributed by atoms with Gasteiger partial charge in [0.25, 0.3) is 0 Å². The monoisotopic (exact) mass is 296 g/mol. The summed E-state index contributed by atoms with van der Waals surface area (Å²) in [6.07, 6.45) is 1.16. The number of hydrogen-bond donors (Lipinski definition) is 2. The molecule has 0 saturated carbocycles. The average molecular weight is 296 g/mol. The van der Waals surface area contributed by atoms with Gasteiger partial charge in [0, 0.05) is 11.8 Å². The molecule has 0 aliphatic rings. The number of benzene rings is 1. The molecule has 1 heterocycles. The second kappa shape index (κ2) is 7.10. The molecule has 0 fully saturated rings. The summed E-state index contributed by atoms with van der Waals surface area (Å²) in [5.74, 6) is 3.51. The normalized spacial score (nSPS) is 12.8. The molecule has 1 atom stereocenters. The van der Waals surface area contributed by atoms with Crippen molar-refractivity contribution in [3.05, 3.63) is 18.2 Å². The van der Waals surface area contributed by atoms with Crippen molar-refractivity contribution in [3.8, 4) is 5.75 Å². The van der Waals surface area contributed by atoms with E-state index in [-0.39, 0.29) is 0 Å². The first-order chi connectivity index (χ1) is 9.26. The highest BCUT2D eigenvalue weighted by Gasteiger charge is 2.08. The first kappa shape index (κ1) is 14.6. The number of nitrogens with one attached hydrogen (secondary N) is 1. The standard InChI is InChI=1S/C14H20N2OS2/c1-3-10(8-18)9-19-14-15-12-6-5-11(17-4-2)7-13(12)16-14/h5-7,10,18H,3-4,8-9H2,1-2H3,(H,15,16). The summed E-state index contributed by atoms with van der Waals surface area (Å²) >= 11 is 6.13. The van der Waals surface area contributed by atoms with Crippen LogP contribution in [0.5, 0.6) is 5.75 Å². The van der Waals surface area contributed by atoms with Crippen LogP contribution >= 0.6 is 24.4 Å². The summed E-state index contributed by atoms with van der Waals surface area (Å²) in [6.45, 7) is 4.87. The smallest absolute Gasteiger partial charge is 0.166 e. The molecule has 0 spiro atoms. The Hall–Kier alpha value is -0.810. The lowest BCUT2D eigenvalue weighted by molar-refractivity contribution is 0.340. The van der Waals surface area contributed by atoms with E-state index in [1.807, 2.05) is 25.1 Å². The minimum absolute atomic E-state index is 0.639. The van der Waals surface area contributed by atoms with Gasteiger partial charge in [-0.2, -0.15) is 12.6 Å². The maximum atomic E-state index is 5.49. The van der Waals surface area contributed by atoms with Crippen LogP contribution in [-0.4, -0.2) is 28.1 Å². The van der Waals surface area contributed by atoms with Gasteiger partial charge in [-0.1, -0.05) is 25.1 Å². The molecular weight excluding hydrogens is 276 g/mol. The summed E-state index contributed by atoms with van der Waals surface area (Å²) in [6, 6.07) is 5.96. The number of hydrogen-bond acceptors (Lipinski definition) is 4. The van der Waals surface area contributed by atoms with Gasteiger partial charge in [-0.15, -0.1) is 0 Å². The molecule has 1 unspecified atom stereocenters. The van der Waals surface area contributed by atoms with E-state index in [9.17, 15) is 0 Å². The van der Waals surface area contributed by atoms with Crippen LogP contribution in [0.4, 0.5) is 0 Å². The summed E-state index contributed by atoms with van der Waals surface area (Å²) in [5, 5.41) is 0.976. The number of thiol groups is 1. The van der Waals surface area contributed by atoms with Crippen molar-refractivity contribution >= 4 is 35.4 Å². The lowest BCUT2D eigenvalue weighted by Crippen LogP contribution is -2.03. The van der Waals surface area contributed by atoms with Crippen LogP contribution in [0, 0.1) is 5.92 Å². The van der Waals surface area contributed by atoms with Crippen molar-refractivity contribution in [3.63, 3.8) is 0 Å². The molecule has 1 aromatic heterocycles. The first-order valence-electron chi connectivity index (χ1n) is 6.63. The molecule has 0 aliphatic heterocycles. The highest BCUT2D eigenvalue weighted by molar-refractivity contribution is 7.99. The van der Waals surface area contributed by atoms with Crippen LogP contribution in [0.3, 0.4) is 0 Å². The molecule has 0 saturated heterocycles. The fourth-order valence-electron chi connectivity index (χ4n) is 1.79. The van der Waals surface area contributed by atoms with E-state index < -0.39 is 0 Å². The Labute approximate surface area is 123 Å². The van der Waals surface area contributed by atoms with E-state index in [2.05, 4.69) is 29.5 Å². The number of rotatable bonds is 7. The summed E-state index contributed by atoms with van der Waals surface area (Å²) < 4.78 is 5.49. The Morgan fingerprint density at radius 2 is 2.26 bits per heavy atom. The second-order valence-corrected chi connectivity index (χ2v) is 5.80. The van der Waals surface area contributed by atoms with Crippen LogP contribution in [0.25, 0.3) is 11.0 Å². The minimum Gasteiger partial charge on any atom is -0.494 e. The van der Waals surface area contributed by atoms with Gasteiger partial charge in [0.1, 0.15) is 5.75 Å². The number of aromatic nitrogens is 2. The number of imidazole rings is 1. The highest BCUT2D eigenvalue weighted by atomic mass is 32.2. The second-order valence-electron chi connectivity index (χ2n) is 4.42. The summed E-state index contributed by atoms with van der Waals surface area (Å²) in [4.78, 5) is 7.93. The SMILES string of the molecule is CCOc1ccc2nc(SCC(CC)CS)[nH]c2c1. The quantitative estimate of drug-likeness (QED) is 0.599. The number of aromatic amines is 1. The molecule has 1 N–H and O–H groups in total. The van der Waals surface area contributed by atoms with E-state index in [1.165, 1.54) is 0 Å². The average Bonchev–Trinajstić information content (AvgIpc) is 2.82. The largest absolute Gasteiger partial charge is 0.494 e. The van der Waals surface area contributed by atoms with E-state index in [0.717, 1.165) is 39.9 Å². The Morgan fingerprint density at radius 1 is 1.42 bits per heavy atom. The Kier molecular flexibility index (Phi) is 5.45. The first-order valence-corrected chi connectivity index (χ1v) is 8.24. The summed E-state index contributed by atoms with van der Waals surface area (Å²) in [7, 11) is 0. The maximum absolute atomic E-state index is 5.49. The lowest BCUT2D eigenvalue weighted by Gasteiger charge is -2.08. The molecule has 2 aromatic rings. The predicted molar refractivity (Wildman–Crippen MR) is 85.6 cm³/mol. The maximum Gasteiger partial charge on any atom is 0.166 e. The lowest BCUT2D eigenvalue weighted by atomic mass is 10.2. The fourth-order valence-corrected chi connectivity index (χ4v) is 3.44. The Morgan fingerprint density at radius 3 is 2.95 bits per heavy atom. The van der Waals surface area contributed by atoms with Crippen molar-refractivity contribution < 1.29 is 4.74 Å². The molecule has 19 heavy (non-hydrogen) atoms. The van der Waals surface area contributed by atoms with Gasteiger partial charge in [0.15, 0.2) is 5.16 Å². The number of ether oxygens (including phenoxy) is 1. The molecule has 5 heteroatoms. The summed E-state index contributed by atoms with van der Waals surface area (Å²) in [5.41, 5.74) is 2.03. The van der Waals surface area contributed by atoms with Gasteiger partial charge >= 0.3 is 0 Å². The molecule has 0 aliphatic carbocycles. The van der Waals surface area contributed by atoms with Gasteiger partial charge in [-0.05, 0) is 30.7 Å². The van der Waals surface area contributed by atoms with E-state index in [4.69, 9.17) is 4.74 Å². The third kappa shape index (κ3) is 3.83. The topological polar surface area (TPSA) is 37.9 Å². The van der Waals surface area contributed by atoms with Crippen LogP contribution in [-0.2, 0) is 0 Å². The van der Waals surface area contributed by atoms with Gasteiger partial charge in [-0.25, -0.2) is 4.98 Å². The highest BCUT2D eigenvalue weighted by Crippen LogP contribution is 2.25. The van der Waals surface area contributed by atoms with Crippen LogP contribution in [0.1, 0.15) is 20.3 Å². The minimum atomic E-state index is 0.639. The number of nitrogens with zero attached hydrogens (tertiary/aromatic N) is 1. The number of thioether (sulfide) groups is 1. The fraction of sp³-hybridized carbons (Fsp3) is 0.500. The van der Waals surface area contributed by atoms with Crippen LogP contribution in [0.2, 0.25) is 0 Å². The molecule has 2 rings (SSSR count). The van der Waals surface area contributed by atoms with Crippen molar-refractivity contribution in [1.29, 1.82) is 0 Å². The van der Waals surface area contributed by atoms with Crippen LogP contribution < -0.4 is 4.74 Å². The molecular formula is C14H20N2OS2. The molecule has 0 radical (unpaired) electrons. The van der Waals surface area contributed by atoms with Crippen molar-refractivity contribution in [1.82, 2.24) is 9.97 Å². The third-order valence-corrected chi connectivity index (χ3v) is 4.66. The van der Waals surface area contributed by atoms with E-state index in [1.54, 1.807) is 11.8 Å². The Bertz CT molecular complexity index is 523.